The van der Waals surface area contributed by atoms with Crippen molar-refractivity contribution in [3.8, 4) is 22.9 Å². The van der Waals surface area contributed by atoms with Crippen molar-refractivity contribution in [3.63, 3.8) is 0 Å². The molecule has 5 heteroatoms. The molecular weight excluding hydrogens is 384 g/mol. The molecule has 1 N–H and O–H groups in total. The van der Waals surface area contributed by atoms with Gasteiger partial charge in [-0.25, -0.2) is 4.98 Å². The Hall–Kier alpha value is -3.75. The second-order valence-electron chi connectivity index (χ2n) is 7.54. The summed E-state index contributed by atoms with van der Waals surface area (Å²) in [5.41, 5.74) is 5.47. The Balaban J connectivity index is 1.69. The molecule has 0 aliphatic heterocycles. The van der Waals surface area contributed by atoms with Gasteiger partial charge in [-0.1, -0.05) is 30.3 Å². The van der Waals surface area contributed by atoms with Crippen molar-refractivity contribution in [2.24, 2.45) is 0 Å². The number of fused-ring (bicyclic) bond motifs is 1. The zero-order valence-electron chi connectivity index (χ0n) is 17.8. The fourth-order valence-corrected chi connectivity index (χ4v) is 3.74. The third-order valence-corrected chi connectivity index (χ3v) is 5.46. The number of nitrogens with one attached hydrogen (secondary N) is 1. The van der Waals surface area contributed by atoms with Gasteiger partial charge in [-0.3, -0.25) is 4.98 Å². The number of nitriles is 1. The predicted octanol–water partition coefficient (Wildman–Crippen LogP) is 5.59. The van der Waals surface area contributed by atoms with Gasteiger partial charge >= 0.3 is 0 Å². The fraction of sp³-hybridized carbons (Fsp3) is 0.192. The molecule has 0 bridgehead atoms. The van der Waals surface area contributed by atoms with E-state index >= 15 is 0 Å². The van der Waals surface area contributed by atoms with E-state index in [4.69, 9.17) is 15.0 Å². The highest BCUT2D eigenvalue weighted by Gasteiger charge is 2.16. The summed E-state index contributed by atoms with van der Waals surface area (Å²) >= 11 is 0. The average Bonchev–Trinajstić information content (AvgIpc) is 2.83. The number of rotatable bonds is 6. The van der Waals surface area contributed by atoms with Crippen LogP contribution in [0.2, 0.25) is 0 Å². The lowest BCUT2D eigenvalue weighted by Crippen LogP contribution is -2.23. The normalized spacial score (nSPS) is 12.8. The highest BCUT2D eigenvalue weighted by atomic mass is 16.5. The van der Waals surface area contributed by atoms with Crippen LogP contribution in [0.15, 0.2) is 72.9 Å². The number of hydrogen-bond donors (Lipinski definition) is 1. The van der Waals surface area contributed by atoms with E-state index in [2.05, 4.69) is 48.4 Å². The van der Waals surface area contributed by atoms with E-state index in [1.807, 2.05) is 42.5 Å². The highest BCUT2D eigenvalue weighted by Crippen LogP contribution is 2.31. The Morgan fingerprint density at radius 2 is 1.81 bits per heavy atom. The molecule has 0 amide bonds. The monoisotopic (exact) mass is 408 g/mol. The summed E-state index contributed by atoms with van der Waals surface area (Å²) in [6.45, 7) is 4.26. The number of benzene rings is 2. The molecule has 0 aliphatic rings. The lowest BCUT2D eigenvalue weighted by Gasteiger charge is -2.21. The first-order valence-corrected chi connectivity index (χ1v) is 10.2. The van der Waals surface area contributed by atoms with Crippen LogP contribution in [0.5, 0.6) is 5.75 Å². The second-order valence-corrected chi connectivity index (χ2v) is 7.54. The molecule has 1 unspecified atom stereocenters. The van der Waals surface area contributed by atoms with E-state index < -0.39 is 0 Å². The zero-order chi connectivity index (χ0) is 21.8. The number of para-hydroxylation sites is 1. The molecule has 154 valence electrons. The van der Waals surface area contributed by atoms with Crippen LogP contribution in [0.3, 0.4) is 0 Å². The van der Waals surface area contributed by atoms with E-state index in [9.17, 15) is 0 Å². The maximum absolute atomic E-state index is 9.06. The van der Waals surface area contributed by atoms with Crippen LogP contribution in [-0.4, -0.2) is 17.1 Å². The minimum atomic E-state index is 0.0240. The molecule has 31 heavy (non-hydrogen) atoms. The van der Waals surface area contributed by atoms with Gasteiger partial charge in [-0.05, 0) is 61.4 Å². The van der Waals surface area contributed by atoms with Gasteiger partial charge < -0.3 is 10.1 Å². The molecule has 0 fully saturated rings. The van der Waals surface area contributed by atoms with Crippen LogP contribution in [0.4, 0.5) is 0 Å². The van der Waals surface area contributed by atoms with Gasteiger partial charge in [0.2, 0.25) is 0 Å². The average molecular weight is 409 g/mol. The summed E-state index contributed by atoms with van der Waals surface area (Å²) in [6.07, 6.45) is 1.75. The van der Waals surface area contributed by atoms with Gasteiger partial charge in [0, 0.05) is 29.2 Å². The summed E-state index contributed by atoms with van der Waals surface area (Å²) in [7, 11) is 1.68. The standard InChI is InChI=1S/C26H24N4O/c1-17(19-7-6-8-22(13-19)31-3)29-18(2)26-14-24(20-11-12-21(15-27)28-16-20)23-9-4-5-10-25(23)30-26/h4-14,16-18,29H,1-3H3/t17-,18?/m1/s1. The molecule has 2 aromatic heterocycles. The molecule has 0 saturated carbocycles. The van der Waals surface area contributed by atoms with E-state index in [-0.39, 0.29) is 12.1 Å². The SMILES string of the molecule is COc1cccc([C@@H](C)NC(C)c2cc(-c3ccc(C#N)nc3)c3ccccc3n2)c1. The van der Waals surface area contributed by atoms with E-state index in [1.54, 1.807) is 19.4 Å². The van der Waals surface area contributed by atoms with Crippen molar-refractivity contribution < 1.29 is 4.74 Å². The zero-order valence-corrected chi connectivity index (χ0v) is 17.8. The molecule has 2 atom stereocenters. The molecule has 0 spiro atoms. The molecule has 4 rings (SSSR count). The van der Waals surface area contributed by atoms with Crippen LogP contribution in [0.25, 0.3) is 22.0 Å². The number of methoxy groups -OCH3 is 1. The lowest BCUT2D eigenvalue weighted by molar-refractivity contribution is 0.412. The molecular formula is C26H24N4O. The summed E-state index contributed by atoms with van der Waals surface area (Å²) < 4.78 is 5.36. The predicted molar refractivity (Wildman–Crippen MR) is 123 cm³/mol. The van der Waals surface area contributed by atoms with E-state index in [0.717, 1.165) is 39.0 Å². The maximum Gasteiger partial charge on any atom is 0.140 e. The second kappa shape index (κ2) is 8.95. The van der Waals surface area contributed by atoms with Gasteiger partial charge in [0.25, 0.3) is 0 Å². The molecule has 5 nitrogen and oxygen atoms in total. The van der Waals surface area contributed by atoms with Gasteiger partial charge in [0.05, 0.1) is 18.3 Å². The minimum Gasteiger partial charge on any atom is -0.497 e. The van der Waals surface area contributed by atoms with Crippen LogP contribution >= 0.6 is 0 Å². The fourth-order valence-electron chi connectivity index (χ4n) is 3.74. The Morgan fingerprint density at radius 1 is 0.968 bits per heavy atom. The summed E-state index contributed by atoms with van der Waals surface area (Å²) in [4.78, 5) is 9.17. The first kappa shape index (κ1) is 20.5. The van der Waals surface area contributed by atoms with E-state index in [0.29, 0.717) is 5.69 Å². The Labute approximate surface area is 182 Å². The van der Waals surface area contributed by atoms with Crippen LogP contribution in [0, 0.1) is 11.3 Å². The maximum atomic E-state index is 9.06. The third kappa shape index (κ3) is 4.40. The van der Waals surface area contributed by atoms with Crippen molar-refractivity contribution in [2.75, 3.05) is 7.11 Å². The van der Waals surface area contributed by atoms with Crippen molar-refractivity contribution in [1.29, 1.82) is 5.26 Å². The molecule has 2 heterocycles. The summed E-state index contributed by atoms with van der Waals surface area (Å²) in [6, 6.07) is 24.2. The van der Waals surface area contributed by atoms with Gasteiger partial charge in [0.1, 0.15) is 17.5 Å². The lowest BCUT2D eigenvalue weighted by atomic mass is 9.99. The highest BCUT2D eigenvalue weighted by molar-refractivity contribution is 5.94. The minimum absolute atomic E-state index is 0.0240. The number of pyridine rings is 2. The van der Waals surface area contributed by atoms with Crippen LogP contribution < -0.4 is 10.1 Å². The Kier molecular flexibility index (Phi) is 5.92. The van der Waals surface area contributed by atoms with Crippen molar-refractivity contribution in [2.45, 2.75) is 25.9 Å². The Bertz CT molecular complexity index is 1240. The van der Waals surface area contributed by atoms with Gasteiger partial charge in [-0.2, -0.15) is 5.26 Å². The van der Waals surface area contributed by atoms with Crippen LogP contribution in [-0.2, 0) is 0 Å². The number of aromatic nitrogens is 2. The molecule has 0 radical (unpaired) electrons. The number of nitrogens with zero attached hydrogens (tertiary/aromatic N) is 3. The smallest absolute Gasteiger partial charge is 0.140 e. The van der Waals surface area contributed by atoms with Crippen molar-refractivity contribution in [1.82, 2.24) is 15.3 Å². The Morgan fingerprint density at radius 3 is 2.55 bits per heavy atom. The topological polar surface area (TPSA) is 70.8 Å². The molecule has 0 aliphatic carbocycles. The molecule has 4 aromatic rings. The summed E-state index contributed by atoms with van der Waals surface area (Å²) in [5.74, 6) is 0.846. The van der Waals surface area contributed by atoms with Gasteiger partial charge in [0.15, 0.2) is 0 Å². The largest absolute Gasteiger partial charge is 0.497 e. The first-order valence-electron chi connectivity index (χ1n) is 10.2. The third-order valence-electron chi connectivity index (χ3n) is 5.46. The van der Waals surface area contributed by atoms with E-state index in [1.165, 1.54) is 0 Å². The molecule has 2 aromatic carbocycles. The number of hydrogen-bond acceptors (Lipinski definition) is 5. The van der Waals surface area contributed by atoms with Crippen LogP contribution in [0.1, 0.15) is 42.9 Å². The molecule has 0 saturated heterocycles. The first-order chi connectivity index (χ1) is 15.1. The summed E-state index contributed by atoms with van der Waals surface area (Å²) in [5, 5.41) is 13.8. The van der Waals surface area contributed by atoms with Crippen molar-refractivity contribution >= 4 is 10.9 Å². The number of ether oxygens (including phenoxy) is 1. The quantitative estimate of drug-likeness (QED) is 0.450. The van der Waals surface area contributed by atoms with Crippen molar-refractivity contribution in [3.05, 3.63) is 89.9 Å². The van der Waals surface area contributed by atoms with Gasteiger partial charge in [-0.15, -0.1) is 0 Å².